The minimum atomic E-state index is -0.302. The van der Waals surface area contributed by atoms with Gasteiger partial charge in [-0.15, -0.1) is 10.2 Å². The Morgan fingerprint density at radius 1 is 1.03 bits per heavy atom. The number of ketones is 1. The van der Waals surface area contributed by atoms with Gasteiger partial charge in [0.1, 0.15) is 5.82 Å². The number of rotatable bonds is 6. The number of methoxy groups -OCH3 is 2. The summed E-state index contributed by atoms with van der Waals surface area (Å²) in [5, 5.41) is 9.34. The molecule has 3 aromatic rings. The van der Waals surface area contributed by atoms with Crippen molar-refractivity contribution in [1.29, 1.82) is 0 Å². The van der Waals surface area contributed by atoms with Crippen molar-refractivity contribution in [2.24, 2.45) is 0 Å². The Balaban J connectivity index is 1.49. The van der Waals surface area contributed by atoms with E-state index in [4.69, 9.17) is 9.47 Å². The zero-order valence-electron chi connectivity index (χ0n) is 18.7. The smallest absolute Gasteiger partial charge is 0.192 e. The van der Waals surface area contributed by atoms with Crippen LogP contribution in [0.1, 0.15) is 54.1 Å². The van der Waals surface area contributed by atoms with Gasteiger partial charge in [-0.05, 0) is 49.1 Å². The molecular formula is C25H26FN3O3S. The van der Waals surface area contributed by atoms with Gasteiger partial charge in [0.05, 0.1) is 19.5 Å². The largest absolute Gasteiger partial charge is 0.493 e. The van der Waals surface area contributed by atoms with E-state index in [1.54, 1.807) is 26.4 Å². The molecule has 0 spiro atoms. The lowest BCUT2D eigenvalue weighted by Crippen LogP contribution is -2.18. The first-order chi connectivity index (χ1) is 16.1. The average Bonchev–Trinajstić information content (AvgIpc) is 3.39. The average molecular weight is 468 g/mol. The summed E-state index contributed by atoms with van der Waals surface area (Å²) in [6.45, 7) is 0. The number of hydrogen-bond acceptors (Lipinski definition) is 6. The monoisotopic (exact) mass is 467 g/mol. The number of hydrogen-bond donors (Lipinski definition) is 0. The van der Waals surface area contributed by atoms with E-state index in [1.165, 1.54) is 30.3 Å². The molecule has 1 heterocycles. The Morgan fingerprint density at radius 3 is 2.52 bits per heavy atom. The fraction of sp³-hybridized carbons (Fsp3) is 0.400. The number of nitrogens with zero attached hydrogens (tertiary/aromatic N) is 3. The summed E-state index contributed by atoms with van der Waals surface area (Å²) in [7, 11) is 3.16. The first kappa shape index (κ1) is 21.9. The summed E-state index contributed by atoms with van der Waals surface area (Å²) in [6, 6.07) is 10.4. The summed E-state index contributed by atoms with van der Waals surface area (Å²) in [5.74, 6) is 1.59. The second-order valence-electron chi connectivity index (χ2n) is 8.52. The van der Waals surface area contributed by atoms with Crippen LogP contribution in [-0.2, 0) is 6.42 Å². The number of benzene rings is 2. The topological polar surface area (TPSA) is 66.2 Å². The quantitative estimate of drug-likeness (QED) is 0.477. The molecule has 1 fully saturated rings. The highest BCUT2D eigenvalue weighted by molar-refractivity contribution is 8.00. The van der Waals surface area contributed by atoms with Gasteiger partial charge in [0, 0.05) is 17.2 Å². The lowest BCUT2D eigenvalue weighted by atomic mass is 9.95. The van der Waals surface area contributed by atoms with Gasteiger partial charge in [-0.1, -0.05) is 43.2 Å². The molecule has 8 heteroatoms. The number of halogens is 1. The number of ether oxygens (including phenoxy) is 2. The Bertz CT molecular complexity index is 1190. The van der Waals surface area contributed by atoms with Crippen LogP contribution in [0.2, 0.25) is 0 Å². The first-order valence-corrected chi connectivity index (χ1v) is 12.1. The summed E-state index contributed by atoms with van der Waals surface area (Å²) in [6.07, 6.45) is 6.15. The van der Waals surface area contributed by atoms with Gasteiger partial charge < -0.3 is 9.47 Å². The number of carbonyl (C=O) groups is 1. The van der Waals surface area contributed by atoms with Gasteiger partial charge in [-0.25, -0.2) is 4.39 Å². The van der Waals surface area contributed by atoms with E-state index in [-0.39, 0.29) is 22.9 Å². The maximum atomic E-state index is 14.0. The number of Topliss-reactive ketones (excluding diaryl/α,β-unsaturated/α-hetero) is 1. The zero-order chi connectivity index (χ0) is 22.9. The molecule has 2 aromatic carbocycles. The lowest BCUT2D eigenvalue weighted by molar-refractivity contribution is 0.0999. The SMILES string of the molecule is COc1cc2c(cc1OC)C(=O)[C@H](Sc1nnc(-c3cccc(F)c3)n1C1CCCCC1)C2. The van der Waals surface area contributed by atoms with Crippen LogP contribution in [0.5, 0.6) is 11.5 Å². The first-order valence-electron chi connectivity index (χ1n) is 11.3. The van der Waals surface area contributed by atoms with Crippen LogP contribution in [-0.4, -0.2) is 40.0 Å². The van der Waals surface area contributed by atoms with Gasteiger partial charge in [-0.2, -0.15) is 0 Å². The number of carbonyl (C=O) groups excluding carboxylic acids is 1. The van der Waals surface area contributed by atoms with E-state index in [0.717, 1.165) is 31.2 Å². The molecule has 1 aromatic heterocycles. The Hall–Kier alpha value is -2.87. The summed E-state index contributed by atoms with van der Waals surface area (Å²) in [5.41, 5.74) is 2.32. The highest BCUT2D eigenvalue weighted by atomic mass is 32.2. The third-order valence-electron chi connectivity index (χ3n) is 6.51. The zero-order valence-corrected chi connectivity index (χ0v) is 19.5. The van der Waals surface area contributed by atoms with Crippen molar-refractivity contribution in [1.82, 2.24) is 14.8 Å². The maximum Gasteiger partial charge on any atom is 0.192 e. The van der Waals surface area contributed by atoms with Gasteiger partial charge in [0.2, 0.25) is 0 Å². The Labute approximate surface area is 196 Å². The molecule has 0 N–H and O–H groups in total. The van der Waals surface area contributed by atoms with Crippen molar-refractivity contribution in [2.75, 3.05) is 14.2 Å². The highest BCUT2D eigenvalue weighted by Crippen LogP contribution is 2.42. The van der Waals surface area contributed by atoms with Crippen LogP contribution in [0.15, 0.2) is 41.6 Å². The fourth-order valence-electron chi connectivity index (χ4n) is 4.86. The van der Waals surface area contributed by atoms with Crippen molar-refractivity contribution in [3.05, 3.63) is 53.3 Å². The Kier molecular flexibility index (Phi) is 6.10. The predicted molar refractivity (Wildman–Crippen MR) is 125 cm³/mol. The van der Waals surface area contributed by atoms with Crippen LogP contribution in [0.3, 0.4) is 0 Å². The minimum Gasteiger partial charge on any atom is -0.493 e. The van der Waals surface area contributed by atoms with E-state index in [9.17, 15) is 9.18 Å². The summed E-state index contributed by atoms with van der Waals surface area (Å²) < 4.78 is 26.9. The Morgan fingerprint density at radius 2 is 1.79 bits per heavy atom. The molecule has 5 rings (SSSR count). The van der Waals surface area contributed by atoms with E-state index < -0.39 is 0 Å². The molecule has 1 atom stereocenters. The molecule has 6 nitrogen and oxygen atoms in total. The third kappa shape index (κ3) is 4.12. The molecule has 0 bridgehead atoms. The van der Waals surface area contributed by atoms with Crippen molar-refractivity contribution < 1.29 is 18.7 Å². The number of aromatic nitrogens is 3. The predicted octanol–water partition coefficient (Wildman–Crippen LogP) is 5.51. The van der Waals surface area contributed by atoms with E-state index in [2.05, 4.69) is 14.8 Å². The number of thioether (sulfide) groups is 1. The van der Waals surface area contributed by atoms with Crippen molar-refractivity contribution >= 4 is 17.5 Å². The molecule has 0 radical (unpaired) electrons. The molecule has 0 unspecified atom stereocenters. The van der Waals surface area contributed by atoms with Crippen LogP contribution < -0.4 is 9.47 Å². The summed E-state index contributed by atoms with van der Waals surface area (Å²) >= 11 is 1.45. The van der Waals surface area contributed by atoms with Crippen LogP contribution in [0, 0.1) is 5.82 Å². The van der Waals surface area contributed by atoms with Gasteiger partial charge >= 0.3 is 0 Å². The standard InChI is InChI=1S/C25H26FN3O3S/c1-31-20-12-16-13-22(23(30)19(16)14-21(20)32-2)33-25-28-27-24(15-7-6-8-17(26)11-15)29(25)18-9-4-3-5-10-18/h6-8,11-12,14,18,22H,3-5,9-10,13H2,1-2H3/t22-/m1/s1. The number of fused-ring (bicyclic) bond motifs is 1. The van der Waals surface area contributed by atoms with Crippen molar-refractivity contribution in [3.63, 3.8) is 0 Å². The molecule has 33 heavy (non-hydrogen) atoms. The molecular weight excluding hydrogens is 441 g/mol. The van der Waals surface area contributed by atoms with Gasteiger partial charge in [0.25, 0.3) is 0 Å². The minimum absolute atomic E-state index is 0.0569. The lowest BCUT2D eigenvalue weighted by Gasteiger charge is -2.26. The highest BCUT2D eigenvalue weighted by Gasteiger charge is 2.35. The van der Waals surface area contributed by atoms with Crippen molar-refractivity contribution in [3.8, 4) is 22.9 Å². The molecule has 0 aliphatic heterocycles. The van der Waals surface area contributed by atoms with Gasteiger partial charge in [-0.3, -0.25) is 9.36 Å². The van der Waals surface area contributed by atoms with E-state index >= 15 is 0 Å². The fourth-order valence-corrected chi connectivity index (χ4v) is 6.05. The molecule has 172 valence electrons. The molecule has 2 aliphatic carbocycles. The van der Waals surface area contributed by atoms with Crippen LogP contribution >= 0.6 is 11.8 Å². The summed E-state index contributed by atoms with van der Waals surface area (Å²) in [4.78, 5) is 13.3. The molecule has 1 saturated carbocycles. The van der Waals surface area contributed by atoms with E-state index in [1.807, 2.05) is 12.1 Å². The second kappa shape index (κ2) is 9.17. The third-order valence-corrected chi connectivity index (χ3v) is 7.66. The van der Waals surface area contributed by atoms with Crippen LogP contribution in [0.25, 0.3) is 11.4 Å². The second-order valence-corrected chi connectivity index (χ2v) is 9.69. The van der Waals surface area contributed by atoms with Crippen LogP contribution in [0.4, 0.5) is 4.39 Å². The normalized spacial score (nSPS) is 18.4. The molecule has 0 amide bonds. The maximum absolute atomic E-state index is 14.0. The molecule has 2 aliphatic rings. The molecule has 0 saturated heterocycles. The van der Waals surface area contributed by atoms with Crippen molar-refractivity contribution in [2.45, 2.75) is 55.0 Å². The van der Waals surface area contributed by atoms with E-state index in [0.29, 0.717) is 40.0 Å². The van der Waals surface area contributed by atoms with Gasteiger partial charge in [0.15, 0.2) is 28.3 Å².